The van der Waals surface area contributed by atoms with Gasteiger partial charge in [-0.1, -0.05) is 47.6 Å². The standard InChI is InChI=1S/2C7H10.C7H9.Ir/c2*1-7-5-3-2-4-6-7;1-2-7-5-3-4-6-7;/h2*2-3,6H,4-5H2,1H3;3,5H,2,4H2,1H3;. The van der Waals surface area contributed by atoms with E-state index in [1.54, 1.807) is 4.09 Å². The summed E-state index contributed by atoms with van der Waals surface area (Å²) in [6.45, 7) is 6.54. The molecule has 3 aliphatic rings. The number of hydrogen-bond acceptors (Lipinski definition) is 0. The van der Waals surface area contributed by atoms with Gasteiger partial charge in [0.2, 0.25) is 0 Å². The number of allylic oxidation sites excluding steroid dienone is 12. The third kappa shape index (κ3) is 8.51. The van der Waals surface area contributed by atoms with Crippen LogP contribution in [0.1, 0.15) is 59.3 Å². The molecule has 0 nitrogen and oxygen atoms in total. The summed E-state index contributed by atoms with van der Waals surface area (Å²) < 4.78 is 1.55. The van der Waals surface area contributed by atoms with E-state index in [2.05, 4.69) is 88.3 Å². The van der Waals surface area contributed by atoms with E-state index in [1.165, 1.54) is 42.4 Å². The minimum atomic E-state index is 1.14. The maximum absolute atomic E-state index is 2.26. The zero-order valence-electron chi connectivity index (χ0n) is 14.2. The number of hydrogen-bond donors (Lipinski definition) is 0. The zero-order chi connectivity index (χ0) is 16.2. The van der Waals surface area contributed by atoms with Crippen molar-refractivity contribution in [3.05, 3.63) is 69.4 Å². The fourth-order valence-electron chi connectivity index (χ4n) is 2.25. The Morgan fingerprint density at radius 3 is 1.55 bits per heavy atom. The molecule has 0 N–H and O–H groups in total. The topological polar surface area (TPSA) is 0 Å². The fraction of sp³-hybridized carbons (Fsp3) is 0.429. The molecule has 0 heterocycles. The van der Waals surface area contributed by atoms with Crippen LogP contribution in [0.25, 0.3) is 0 Å². The Bertz CT molecular complexity index is 480. The van der Waals surface area contributed by atoms with Gasteiger partial charge >= 0.3 is 60.5 Å². The van der Waals surface area contributed by atoms with Gasteiger partial charge in [0.05, 0.1) is 0 Å². The van der Waals surface area contributed by atoms with E-state index in [9.17, 15) is 0 Å². The Hall–Kier alpha value is -0.911. The minimum absolute atomic E-state index is 1.14. The average molecular weight is 474 g/mol. The molecule has 0 unspecified atom stereocenters. The first-order valence-electron chi connectivity index (χ1n) is 8.26. The predicted octanol–water partition coefficient (Wildman–Crippen LogP) is 6.72. The van der Waals surface area contributed by atoms with Crippen LogP contribution >= 0.6 is 0 Å². The van der Waals surface area contributed by atoms with Crippen LogP contribution in [-0.4, -0.2) is 0 Å². The van der Waals surface area contributed by atoms with Crippen molar-refractivity contribution in [2.45, 2.75) is 59.3 Å². The molecule has 0 atom stereocenters. The van der Waals surface area contributed by atoms with Crippen molar-refractivity contribution in [1.29, 1.82) is 0 Å². The van der Waals surface area contributed by atoms with E-state index in [4.69, 9.17) is 0 Å². The van der Waals surface area contributed by atoms with Crippen LogP contribution in [0.3, 0.4) is 0 Å². The Labute approximate surface area is 147 Å². The van der Waals surface area contributed by atoms with E-state index in [1.807, 2.05) is 0 Å². The summed E-state index contributed by atoms with van der Waals surface area (Å²) in [5.41, 5.74) is 4.54. The molecule has 0 radical (unpaired) electrons. The van der Waals surface area contributed by atoms with Crippen LogP contribution in [0.15, 0.2) is 69.4 Å². The van der Waals surface area contributed by atoms with E-state index >= 15 is 0 Å². The normalized spacial score (nSPS) is 19.0. The first-order chi connectivity index (χ1) is 10.6. The summed E-state index contributed by atoms with van der Waals surface area (Å²) in [6.07, 6.45) is 24.8. The monoisotopic (exact) mass is 474 g/mol. The van der Waals surface area contributed by atoms with Gasteiger partial charge in [0.1, 0.15) is 0 Å². The second-order valence-electron chi connectivity index (χ2n) is 5.79. The quantitative estimate of drug-likeness (QED) is 0.371. The molecule has 0 aromatic heterocycles. The SMILES string of the molecule is CC1=CCC=CC1.CC1=CCC=CC1.CCC1=[C]([Ir])CC=C1. The van der Waals surface area contributed by atoms with Gasteiger partial charge in [-0.05, 0) is 39.5 Å². The molecule has 0 fully saturated rings. The van der Waals surface area contributed by atoms with Crippen molar-refractivity contribution in [1.82, 2.24) is 0 Å². The van der Waals surface area contributed by atoms with Crippen molar-refractivity contribution < 1.29 is 18.9 Å². The van der Waals surface area contributed by atoms with E-state index in [0.717, 1.165) is 12.8 Å². The molecule has 3 aliphatic carbocycles. The molecule has 0 bridgehead atoms. The Kier molecular flexibility index (Phi) is 10.1. The zero-order valence-corrected chi connectivity index (χ0v) is 16.6. The van der Waals surface area contributed by atoms with Crippen LogP contribution in [-0.2, 0) is 18.9 Å². The molecule has 122 valence electrons. The van der Waals surface area contributed by atoms with Crippen LogP contribution in [0.2, 0.25) is 0 Å². The molecule has 0 aromatic rings. The second-order valence-corrected chi connectivity index (χ2v) is 7.23. The van der Waals surface area contributed by atoms with Gasteiger partial charge in [-0.25, -0.2) is 0 Å². The van der Waals surface area contributed by atoms with E-state index in [-0.39, 0.29) is 0 Å². The van der Waals surface area contributed by atoms with E-state index in [0.29, 0.717) is 0 Å². The molecule has 0 spiro atoms. The van der Waals surface area contributed by atoms with Gasteiger partial charge in [0.25, 0.3) is 0 Å². The van der Waals surface area contributed by atoms with Crippen molar-refractivity contribution in [2.75, 3.05) is 0 Å². The summed E-state index contributed by atoms with van der Waals surface area (Å²) >= 11 is 2.21. The number of rotatable bonds is 1. The fourth-order valence-corrected chi connectivity index (χ4v) is 3.16. The molecule has 0 saturated heterocycles. The Morgan fingerprint density at radius 1 is 0.818 bits per heavy atom. The molecule has 22 heavy (non-hydrogen) atoms. The molecule has 0 saturated carbocycles. The van der Waals surface area contributed by atoms with Crippen molar-refractivity contribution in [2.24, 2.45) is 0 Å². The third-order valence-corrected chi connectivity index (χ3v) is 5.00. The van der Waals surface area contributed by atoms with Gasteiger partial charge in [0.15, 0.2) is 0 Å². The van der Waals surface area contributed by atoms with Crippen LogP contribution in [0.4, 0.5) is 0 Å². The first-order valence-corrected chi connectivity index (χ1v) is 9.46. The second kappa shape index (κ2) is 11.6. The summed E-state index contributed by atoms with van der Waals surface area (Å²) in [5, 5.41) is 0. The van der Waals surface area contributed by atoms with Gasteiger partial charge in [-0.3, -0.25) is 0 Å². The predicted molar refractivity (Wildman–Crippen MR) is 95.3 cm³/mol. The third-order valence-electron chi connectivity index (χ3n) is 3.74. The van der Waals surface area contributed by atoms with Crippen molar-refractivity contribution >= 4 is 0 Å². The molecule has 0 amide bonds. The summed E-state index contributed by atoms with van der Waals surface area (Å²) in [5.74, 6) is 0. The molecule has 3 rings (SSSR count). The molecular formula is C21H29Ir. The summed E-state index contributed by atoms with van der Waals surface area (Å²) in [4.78, 5) is 0. The molecule has 1 heteroatoms. The van der Waals surface area contributed by atoms with Crippen LogP contribution in [0, 0.1) is 0 Å². The Balaban J connectivity index is 0.000000166. The van der Waals surface area contributed by atoms with Crippen LogP contribution < -0.4 is 0 Å². The average Bonchev–Trinajstić information content (AvgIpc) is 2.95. The Morgan fingerprint density at radius 2 is 1.36 bits per heavy atom. The van der Waals surface area contributed by atoms with Crippen LogP contribution in [0.5, 0.6) is 0 Å². The van der Waals surface area contributed by atoms with Gasteiger partial charge in [0, 0.05) is 0 Å². The van der Waals surface area contributed by atoms with Gasteiger partial charge < -0.3 is 0 Å². The van der Waals surface area contributed by atoms with Crippen molar-refractivity contribution in [3.8, 4) is 0 Å². The van der Waals surface area contributed by atoms with E-state index < -0.39 is 0 Å². The molecule has 0 aromatic carbocycles. The van der Waals surface area contributed by atoms with Gasteiger partial charge in [-0.15, -0.1) is 0 Å². The van der Waals surface area contributed by atoms with Crippen molar-refractivity contribution in [3.63, 3.8) is 0 Å². The molecule has 0 aliphatic heterocycles. The molecular weight excluding hydrogens is 444 g/mol. The summed E-state index contributed by atoms with van der Waals surface area (Å²) in [6, 6.07) is 0. The maximum atomic E-state index is 2.26. The van der Waals surface area contributed by atoms with Gasteiger partial charge in [-0.2, -0.15) is 0 Å². The first kappa shape index (κ1) is 19.1. The summed E-state index contributed by atoms with van der Waals surface area (Å²) in [7, 11) is 0.